The Morgan fingerprint density at radius 2 is 1.91 bits per heavy atom. The predicted octanol–water partition coefficient (Wildman–Crippen LogP) is 3.06. The predicted molar refractivity (Wildman–Crippen MR) is 83.7 cm³/mol. The minimum atomic E-state index is -0.862. The van der Waals surface area contributed by atoms with E-state index in [1.54, 1.807) is 19.9 Å². The van der Waals surface area contributed by atoms with Crippen molar-refractivity contribution >= 4 is 22.8 Å². The summed E-state index contributed by atoms with van der Waals surface area (Å²) in [5.41, 5.74) is 1.35. The van der Waals surface area contributed by atoms with E-state index in [0.717, 1.165) is 10.9 Å². The van der Waals surface area contributed by atoms with Gasteiger partial charge in [-0.1, -0.05) is 32.0 Å². The third kappa shape index (κ3) is 3.47. The van der Waals surface area contributed by atoms with E-state index in [0.29, 0.717) is 18.0 Å². The number of carbonyl (C=O) groups excluding carboxylic acids is 2. The number of benzene rings is 1. The van der Waals surface area contributed by atoms with Gasteiger partial charge in [-0.05, 0) is 25.8 Å². The Morgan fingerprint density at radius 1 is 1.23 bits per heavy atom. The Labute approximate surface area is 129 Å². The van der Waals surface area contributed by atoms with Crippen molar-refractivity contribution in [3.8, 4) is 0 Å². The lowest BCUT2D eigenvalue weighted by Crippen LogP contribution is -2.37. The Bertz CT molecular complexity index is 687. The second-order valence-corrected chi connectivity index (χ2v) is 5.74. The lowest BCUT2D eigenvalue weighted by molar-refractivity contribution is -0.129. The number of furan rings is 1. The quantitative estimate of drug-likeness (QED) is 0.862. The fraction of sp³-hybridized carbons (Fsp3) is 0.412. The maximum absolute atomic E-state index is 12.2. The van der Waals surface area contributed by atoms with Crippen LogP contribution in [0.1, 0.15) is 36.9 Å². The van der Waals surface area contributed by atoms with Crippen LogP contribution in [0.2, 0.25) is 0 Å². The second kappa shape index (κ2) is 6.64. The molecule has 0 aliphatic carbocycles. The average molecular weight is 303 g/mol. The molecule has 1 amide bonds. The molecule has 1 heterocycles. The SMILES string of the molecule is Cc1c(C(=O)O[C@@H](C)C(=O)NCC(C)C)oc2ccccc12. The summed E-state index contributed by atoms with van der Waals surface area (Å²) in [7, 11) is 0. The van der Waals surface area contributed by atoms with E-state index in [1.165, 1.54) is 0 Å². The monoisotopic (exact) mass is 303 g/mol. The minimum Gasteiger partial charge on any atom is -0.449 e. The summed E-state index contributed by atoms with van der Waals surface area (Å²) in [5, 5.41) is 3.60. The van der Waals surface area contributed by atoms with Gasteiger partial charge < -0.3 is 14.5 Å². The summed E-state index contributed by atoms with van der Waals surface area (Å²) in [6, 6.07) is 7.38. The zero-order valence-electron chi connectivity index (χ0n) is 13.3. The Kier molecular flexibility index (Phi) is 4.85. The van der Waals surface area contributed by atoms with Crippen molar-refractivity contribution in [1.82, 2.24) is 5.32 Å². The normalized spacial score (nSPS) is 12.4. The second-order valence-electron chi connectivity index (χ2n) is 5.74. The zero-order chi connectivity index (χ0) is 16.3. The topological polar surface area (TPSA) is 68.5 Å². The van der Waals surface area contributed by atoms with Crippen molar-refractivity contribution in [1.29, 1.82) is 0 Å². The van der Waals surface area contributed by atoms with Crippen LogP contribution in [0.3, 0.4) is 0 Å². The fourth-order valence-electron chi connectivity index (χ4n) is 2.09. The van der Waals surface area contributed by atoms with Gasteiger partial charge in [0.05, 0.1) is 0 Å². The van der Waals surface area contributed by atoms with Gasteiger partial charge in [-0.25, -0.2) is 4.79 Å². The number of hydrogen-bond donors (Lipinski definition) is 1. The first kappa shape index (κ1) is 16.1. The number of para-hydroxylation sites is 1. The van der Waals surface area contributed by atoms with Crippen LogP contribution in [0, 0.1) is 12.8 Å². The van der Waals surface area contributed by atoms with Crippen molar-refractivity contribution in [3.63, 3.8) is 0 Å². The molecule has 1 aromatic heterocycles. The lowest BCUT2D eigenvalue weighted by Gasteiger charge is -2.14. The van der Waals surface area contributed by atoms with Crippen LogP contribution >= 0.6 is 0 Å². The van der Waals surface area contributed by atoms with Gasteiger partial charge >= 0.3 is 5.97 Å². The average Bonchev–Trinajstić information content (AvgIpc) is 2.82. The molecule has 0 bridgehead atoms. The van der Waals surface area contributed by atoms with E-state index >= 15 is 0 Å². The highest BCUT2D eigenvalue weighted by Gasteiger charge is 2.23. The van der Waals surface area contributed by atoms with E-state index in [9.17, 15) is 9.59 Å². The summed E-state index contributed by atoms with van der Waals surface area (Å²) >= 11 is 0. The van der Waals surface area contributed by atoms with E-state index in [4.69, 9.17) is 9.15 Å². The van der Waals surface area contributed by atoms with Crippen molar-refractivity contribution in [2.24, 2.45) is 5.92 Å². The Morgan fingerprint density at radius 3 is 2.55 bits per heavy atom. The number of esters is 1. The first-order chi connectivity index (χ1) is 10.4. The van der Waals surface area contributed by atoms with Gasteiger partial charge in [0.2, 0.25) is 5.76 Å². The molecule has 1 aromatic carbocycles. The smallest absolute Gasteiger partial charge is 0.375 e. The lowest BCUT2D eigenvalue weighted by atomic mass is 10.1. The molecule has 22 heavy (non-hydrogen) atoms. The molecule has 0 aliphatic rings. The molecule has 5 heteroatoms. The number of ether oxygens (including phenoxy) is 1. The number of amides is 1. The number of hydrogen-bond acceptors (Lipinski definition) is 4. The standard InChI is InChI=1S/C17H21NO4/c1-10(2)9-18-16(19)12(4)21-17(20)15-11(3)13-7-5-6-8-14(13)22-15/h5-8,10,12H,9H2,1-4H3,(H,18,19)/t12-/m0/s1. The first-order valence-electron chi connectivity index (χ1n) is 7.37. The molecule has 1 N–H and O–H groups in total. The van der Waals surface area contributed by atoms with Crippen LogP contribution in [0.5, 0.6) is 0 Å². The molecular weight excluding hydrogens is 282 g/mol. The number of aryl methyl sites for hydroxylation is 1. The molecule has 5 nitrogen and oxygen atoms in total. The molecule has 2 aromatic rings. The number of carbonyl (C=O) groups is 2. The van der Waals surface area contributed by atoms with Crippen LogP contribution in [0.15, 0.2) is 28.7 Å². The molecule has 0 unspecified atom stereocenters. The molecule has 0 saturated carbocycles. The van der Waals surface area contributed by atoms with Crippen molar-refractivity contribution < 1.29 is 18.7 Å². The van der Waals surface area contributed by atoms with Gasteiger partial charge in [0.25, 0.3) is 5.91 Å². The highest BCUT2D eigenvalue weighted by molar-refractivity contribution is 5.97. The summed E-state index contributed by atoms with van der Waals surface area (Å²) in [5.74, 6) is -0.453. The van der Waals surface area contributed by atoms with E-state index in [-0.39, 0.29) is 11.7 Å². The maximum atomic E-state index is 12.2. The highest BCUT2D eigenvalue weighted by Crippen LogP contribution is 2.25. The van der Waals surface area contributed by atoms with E-state index < -0.39 is 12.1 Å². The van der Waals surface area contributed by atoms with Crippen molar-refractivity contribution in [2.75, 3.05) is 6.54 Å². The maximum Gasteiger partial charge on any atom is 0.375 e. The van der Waals surface area contributed by atoms with Crippen LogP contribution in [0.4, 0.5) is 0 Å². The third-order valence-electron chi connectivity index (χ3n) is 3.37. The Balaban J connectivity index is 2.07. The van der Waals surface area contributed by atoms with E-state index in [2.05, 4.69) is 5.32 Å². The van der Waals surface area contributed by atoms with Crippen molar-refractivity contribution in [2.45, 2.75) is 33.8 Å². The molecule has 0 saturated heterocycles. The molecule has 0 aliphatic heterocycles. The Hall–Kier alpha value is -2.30. The molecule has 118 valence electrons. The molecule has 0 radical (unpaired) electrons. The molecule has 2 rings (SSSR count). The van der Waals surface area contributed by atoms with Gasteiger partial charge in [0, 0.05) is 17.5 Å². The minimum absolute atomic E-state index is 0.143. The number of nitrogens with one attached hydrogen (secondary N) is 1. The van der Waals surface area contributed by atoms with Crippen LogP contribution in [-0.2, 0) is 9.53 Å². The number of rotatable bonds is 5. The molecule has 1 atom stereocenters. The molecule has 0 spiro atoms. The zero-order valence-corrected chi connectivity index (χ0v) is 13.3. The molecule has 0 fully saturated rings. The summed E-state index contributed by atoms with van der Waals surface area (Å²) in [4.78, 5) is 24.0. The van der Waals surface area contributed by atoms with Gasteiger partial charge in [-0.15, -0.1) is 0 Å². The highest BCUT2D eigenvalue weighted by atomic mass is 16.6. The van der Waals surface area contributed by atoms with Gasteiger partial charge in [-0.3, -0.25) is 4.79 Å². The largest absolute Gasteiger partial charge is 0.449 e. The number of fused-ring (bicyclic) bond motifs is 1. The summed E-state index contributed by atoms with van der Waals surface area (Å²) < 4.78 is 10.7. The van der Waals surface area contributed by atoms with Crippen molar-refractivity contribution in [3.05, 3.63) is 35.6 Å². The summed E-state index contributed by atoms with van der Waals surface area (Å²) in [6.45, 7) is 7.88. The third-order valence-corrected chi connectivity index (χ3v) is 3.37. The van der Waals surface area contributed by atoms with Gasteiger partial charge in [0.15, 0.2) is 6.10 Å². The van der Waals surface area contributed by atoms with Crippen LogP contribution < -0.4 is 5.32 Å². The van der Waals surface area contributed by atoms with Gasteiger partial charge in [0.1, 0.15) is 5.58 Å². The van der Waals surface area contributed by atoms with Crippen LogP contribution in [0.25, 0.3) is 11.0 Å². The summed E-state index contributed by atoms with van der Waals surface area (Å²) in [6.07, 6.45) is -0.862. The van der Waals surface area contributed by atoms with Gasteiger partial charge in [-0.2, -0.15) is 0 Å². The molecular formula is C17H21NO4. The first-order valence-corrected chi connectivity index (χ1v) is 7.37. The fourth-order valence-corrected chi connectivity index (χ4v) is 2.09. The van der Waals surface area contributed by atoms with E-state index in [1.807, 2.05) is 32.0 Å². The van der Waals surface area contributed by atoms with Crippen LogP contribution in [-0.4, -0.2) is 24.5 Å².